The zero-order valence-electron chi connectivity index (χ0n) is 13.8. The van der Waals surface area contributed by atoms with E-state index in [1.165, 1.54) is 12.1 Å². The molecule has 1 saturated carbocycles. The van der Waals surface area contributed by atoms with E-state index in [0.717, 1.165) is 44.5 Å². The van der Waals surface area contributed by atoms with Gasteiger partial charge in [-0.15, -0.1) is 0 Å². The van der Waals surface area contributed by atoms with Gasteiger partial charge in [0, 0.05) is 37.4 Å². The number of halogens is 1. The van der Waals surface area contributed by atoms with Crippen molar-refractivity contribution in [1.29, 1.82) is 0 Å². The van der Waals surface area contributed by atoms with Crippen molar-refractivity contribution in [2.24, 2.45) is 11.7 Å². The Morgan fingerprint density at radius 2 is 1.83 bits per heavy atom. The van der Waals surface area contributed by atoms with E-state index in [2.05, 4.69) is 4.90 Å². The summed E-state index contributed by atoms with van der Waals surface area (Å²) < 4.78 is 13.0. The number of hydrogen-bond acceptors (Lipinski definition) is 3. The van der Waals surface area contributed by atoms with E-state index in [0.29, 0.717) is 13.1 Å². The maximum atomic E-state index is 13.0. The maximum absolute atomic E-state index is 13.0. The van der Waals surface area contributed by atoms with Crippen LogP contribution in [0.2, 0.25) is 0 Å². The first-order valence-corrected chi connectivity index (χ1v) is 8.55. The Morgan fingerprint density at radius 3 is 2.43 bits per heavy atom. The van der Waals surface area contributed by atoms with Gasteiger partial charge in [0.1, 0.15) is 5.82 Å². The molecule has 1 aliphatic carbocycles. The highest BCUT2D eigenvalue weighted by Crippen LogP contribution is 2.33. The molecule has 1 aromatic carbocycles. The Bertz CT molecular complexity index is 550. The molecule has 0 radical (unpaired) electrons. The standard InChI is InChI=1S/C18H26FN3O/c1-18(20)9-3-2-4-16(18)17(23)22-12-10-21(11-13-22)15-7-5-14(19)6-8-15/h5-8,16H,2-4,9-13,20H2,1H3. The lowest BCUT2D eigenvalue weighted by molar-refractivity contribution is -0.139. The molecule has 0 aromatic heterocycles. The zero-order valence-corrected chi connectivity index (χ0v) is 13.8. The van der Waals surface area contributed by atoms with Crippen molar-refractivity contribution in [1.82, 2.24) is 4.90 Å². The highest BCUT2D eigenvalue weighted by Gasteiger charge is 2.40. The summed E-state index contributed by atoms with van der Waals surface area (Å²) in [6, 6.07) is 6.55. The van der Waals surface area contributed by atoms with Crippen LogP contribution in [0, 0.1) is 11.7 Å². The molecule has 1 heterocycles. The summed E-state index contributed by atoms with van der Waals surface area (Å²) in [4.78, 5) is 17.0. The van der Waals surface area contributed by atoms with Gasteiger partial charge >= 0.3 is 0 Å². The van der Waals surface area contributed by atoms with Gasteiger partial charge in [-0.25, -0.2) is 4.39 Å². The van der Waals surface area contributed by atoms with Gasteiger partial charge in [0.15, 0.2) is 0 Å². The summed E-state index contributed by atoms with van der Waals surface area (Å²) in [5, 5.41) is 0. The van der Waals surface area contributed by atoms with Crippen molar-refractivity contribution in [3.8, 4) is 0 Å². The molecular formula is C18H26FN3O. The minimum Gasteiger partial charge on any atom is -0.368 e. The summed E-state index contributed by atoms with van der Waals surface area (Å²) in [7, 11) is 0. The largest absolute Gasteiger partial charge is 0.368 e. The molecule has 1 aromatic rings. The summed E-state index contributed by atoms with van der Waals surface area (Å²) in [5.74, 6) is -0.0517. The van der Waals surface area contributed by atoms with Crippen LogP contribution in [-0.4, -0.2) is 42.5 Å². The molecule has 2 fully saturated rings. The van der Waals surface area contributed by atoms with E-state index in [1.54, 1.807) is 12.1 Å². The first-order valence-electron chi connectivity index (χ1n) is 8.55. The number of hydrogen-bond donors (Lipinski definition) is 1. The van der Waals surface area contributed by atoms with E-state index < -0.39 is 0 Å². The lowest BCUT2D eigenvalue weighted by Gasteiger charge is -2.42. The molecule has 1 aliphatic heterocycles. The second-order valence-corrected chi connectivity index (χ2v) is 7.09. The Hall–Kier alpha value is -1.62. The highest BCUT2D eigenvalue weighted by molar-refractivity contribution is 5.80. The third-order valence-electron chi connectivity index (χ3n) is 5.34. The second-order valence-electron chi connectivity index (χ2n) is 7.09. The molecule has 1 saturated heterocycles. The van der Waals surface area contributed by atoms with Crippen LogP contribution in [0.4, 0.5) is 10.1 Å². The molecule has 2 N–H and O–H groups in total. The number of benzene rings is 1. The molecule has 3 rings (SSSR count). The number of piperazine rings is 1. The van der Waals surface area contributed by atoms with E-state index >= 15 is 0 Å². The summed E-state index contributed by atoms with van der Waals surface area (Å²) in [6.45, 7) is 5.01. The van der Waals surface area contributed by atoms with Crippen LogP contribution >= 0.6 is 0 Å². The first kappa shape index (κ1) is 16.2. The average Bonchev–Trinajstić information content (AvgIpc) is 2.55. The van der Waals surface area contributed by atoms with Gasteiger partial charge in [-0.05, 0) is 44.0 Å². The smallest absolute Gasteiger partial charge is 0.227 e. The topological polar surface area (TPSA) is 49.6 Å². The lowest BCUT2D eigenvalue weighted by Crippen LogP contribution is -2.57. The van der Waals surface area contributed by atoms with Crippen LogP contribution in [-0.2, 0) is 4.79 Å². The third kappa shape index (κ3) is 3.50. The van der Waals surface area contributed by atoms with Crippen molar-refractivity contribution < 1.29 is 9.18 Å². The molecule has 23 heavy (non-hydrogen) atoms. The number of nitrogens with zero attached hydrogens (tertiary/aromatic N) is 2. The van der Waals surface area contributed by atoms with Crippen LogP contribution < -0.4 is 10.6 Å². The number of anilines is 1. The van der Waals surface area contributed by atoms with E-state index in [4.69, 9.17) is 5.73 Å². The summed E-state index contributed by atoms with van der Waals surface area (Å²) >= 11 is 0. The number of rotatable bonds is 2. The zero-order chi connectivity index (χ0) is 16.4. The molecule has 2 unspecified atom stereocenters. The monoisotopic (exact) mass is 319 g/mol. The van der Waals surface area contributed by atoms with E-state index in [9.17, 15) is 9.18 Å². The van der Waals surface area contributed by atoms with Crippen molar-refractivity contribution in [2.45, 2.75) is 38.1 Å². The maximum Gasteiger partial charge on any atom is 0.227 e. The van der Waals surface area contributed by atoms with Gasteiger partial charge in [-0.1, -0.05) is 12.8 Å². The summed E-state index contributed by atoms with van der Waals surface area (Å²) in [6.07, 6.45) is 4.05. The van der Waals surface area contributed by atoms with Crippen LogP contribution in [0.3, 0.4) is 0 Å². The van der Waals surface area contributed by atoms with Crippen molar-refractivity contribution in [2.75, 3.05) is 31.1 Å². The van der Waals surface area contributed by atoms with Gasteiger partial charge in [0.2, 0.25) is 5.91 Å². The van der Waals surface area contributed by atoms with Crippen molar-refractivity contribution >= 4 is 11.6 Å². The Kier molecular flexibility index (Phi) is 4.57. The normalized spacial score (nSPS) is 28.7. The molecule has 4 nitrogen and oxygen atoms in total. The van der Waals surface area contributed by atoms with Crippen LogP contribution in [0.15, 0.2) is 24.3 Å². The lowest BCUT2D eigenvalue weighted by atomic mass is 9.74. The minimum atomic E-state index is -0.372. The molecule has 0 spiro atoms. The van der Waals surface area contributed by atoms with E-state index in [-0.39, 0.29) is 23.2 Å². The molecule has 2 aliphatic rings. The van der Waals surface area contributed by atoms with Gasteiger partial charge in [0.05, 0.1) is 5.92 Å². The Labute approximate surface area is 137 Å². The average molecular weight is 319 g/mol. The van der Waals surface area contributed by atoms with Crippen molar-refractivity contribution in [3.05, 3.63) is 30.1 Å². The van der Waals surface area contributed by atoms with Crippen molar-refractivity contribution in [3.63, 3.8) is 0 Å². The molecule has 2 atom stereocenters. The van der Waals surface area contributed by atoms with Crippen LogP contribution in [0.25, 0.3) is 0 Å². The predicted octanol–water partition coefficient (Wildman–Crippen LogP) is 2.38. The fourth-order valence-corrected chi connectivity index (χ4v) is 3.82. The molecular weight excluding hydrogens is 293 g/mol. The van der Waals surface area contributed by atoms with Gasteiger partial charge in [-0.2, -0.15) is 0 Å². The molecule has 126 valence electrons. The predicted molar refractivity (Wildman–Crippen MR) is 89.7 cm³/mol. The number of amides is 1. The Morgan fingerprint density at radius 1 is 1.17 bits per heavy atom. The first-order chi connectivity index (χ1) is 11.0. The number of carbonyl (C=O) groups excluding carboxylic acids is 1. The van der Waals surface area contributed by atoms with Crippen LogP contribution in [0.1, 0.15) is 32.6 Å². The molecule has 0 bridgehead atoms. The quantitative estimate of drug-likeness (QED) is 0.910. The molecule has 5 heteroatoms. The second kappa shape index (κ2) is 6.48. The summed E-state index contributed by atoms with van der Waals surface area (Å²) in [5.41, 5.74) is 7.01. The third-order valence-corrected chi connectivity index (χ3v) is 5.34. The Balaban J connectivity index is 1.60. The molecule has 1 amide bonds. The van der Waals surface area contributed by atoms with E-state index in [1.807, 2.05) is 11.8 Å². The SMILES string of the molecule is CC1(N)CCCCC1C(=O)N1CCN(c2ccc(F)cc2)CC1. The van der Waals surface area contributed by atoms with Gasteiger partial charge in [-0.3, -0.25) is 4.79 Å². The number of carbonyl (C=O) groups is 1. The highest BCUT2D eigenvalue weighted by atomic mass is 19.1. The van der Waals surface area contributed by atoms with Gasteiger partial charge < -0.3 is 15.5 Å². The van der Waals surface area contributed by atoms with Crippen LogP contribution in [0.5, 0.6) is 0 Å². The fraction of sp³-hybridized carbons (Fsp3) is 0.611. The number of nitrogens with two attached hydrogens (primary N) is 1. The fourth-order valence-electron chi connectivity index (χ4n) is 3.82. The minimum absolute atomic E-state index is 0.0476. The van der Waals surface area contributed by atoms with Gasteiger partial charge in [0.25, 0.3) is 0 Å².